The van der Waals surface area contributed by atoms with Crippen LogP contribution in [0.1, 0.15) is 5.56 Å². The van der Waals surface area contributed by atoms with Crippen LogP contribution < -0.4 is 15.8 Å². The summed E-state index contributed by atoms with van der Waals surface area (Å²) in [4.78, 5) is 0. The van der Waals surface area contributed by atoms with Crippen LogP contribution in [-0.2, 0) is 0 Å². The van der Waals surface area contributed by atoms with Gasteiger partial charge in [-0.15, -0.1) is 0 Å². The summed E-state index contributed by atoms with van der Waals surface area (Å²) in [5.74, 6) is 0.522. The molecule has 0 spiro atoms. The third kappa shape index (κ3) is 4.45. The van der Waals surface area contributed by atoms with Crippen molar-refractivity contribution in [3.05, 3.63) is 36.0 Å². The van der Waals surface area contributed by atoms with Crippen LogP contribution in [0.4, 0.5) is 4.39 Å². The minimum atomic E-state index is -0.496. The third-order valence-electron chi connectivity index (χ3n) is 1.74. The second kappa shape index (κ2) is 6.44. The first-order valence-corrected chi connectivity index (χ1v) is 4.78. The van der Waals surface area contributed by atoms with Crippen molar-refractivity contribution in [1.82, 2.24) is 5.32 Å². The topological polar surface area (TPSA) is 71.1 Å². The number of nitrogens with two attached hydrogens (primary N) is 1. The quantitative estimate of drug-likeness (QED) is 0.523. The van der Waals surface area contributed by atoms with Crippen LogP contribution in [-0.4, -0.2) is 19.2 Å². The molecule has 0 bridgehead atoms. The summed E-state index contributed by atoms with van der Waals surface area (Å²) in [6.45, 7) is -0.425. The third-order valence-corrected chi connectivity index (χ3v) is 1.74. The van der Waals surface area contributed by atoms with E-state index in [1.165, 1.54) is 0 Å². The molecular formula is C11H14FN3O. The molecule has 0 amide bonds. The molecule has 16 heavy (non-hydrogen) atoms. The first kappa shape index (κ1) is 12.0. The van der Waals surface area contributed by atoms with E-state index in [1.807, 2.05) is 12.1 Å². The summed E-state index contributed by atoms with van der Waals surface area (Å²) in [7, 11) is 0. The zero-order valence-corrected chi connectivity index (χ0v) is 8.74. The van der Waals surface area contributed by atoms with Gasteiger partial charge in [-0.1, -0.05) is 12.1 Å². The van der Waals surface area contributed by atoms with Crippen molar-refractivity contribution >= 4 is 12.0 Å². The lowest BCUT2D eigenvalue weighted by atomic mass is 10.2. The number of halogens is 1. The Morgan fingerprint density at radius 3 is 2.69 bits per heavy atom. The van der Waals surface area contributed by atoms with Crippen LogP contribution >= 0.6 is 0 Å². The van der Waals surface area contributed by atoms with E-state index in [0.29, 0.717) is 5.75 Å². The normalized spacial score (nSPS) is 10.3. The summed E-state index contributed by atoms with van der Waals surface area (Å²) in [5, 5.41) is 9.47. The van der Waals surface area contributed by atoms with Crippen molar-refractivity contribution < 1.29 is 9.13 Å². The number of guanidine groups is 1. The second-order valence-electron chi connectivity index (χ2n) is 3.00. The highest BCUT2D eigenvalue weighted by molar-refractivity contribution is 5.76. The molecule has 4 nitrogen and oxygen atoms in total. The van der Waals surface area contributed by atoms with Gasteiger partial charge in [-0.2, -0.15) is 0 Å². The van der Waals surface area contributed by atoms with Gasteiger partial charge in [0.05, 0.1) is 0 Å². The highest BCUT2D eigenvalue weighted by Crippen LogP contribution is 2.12. The molecule has 1 rings (SSSR count). The predicted molar refractivity (Wildman–Crippen MR) is 62.0 cm³/mol. The number of alkyl halides is 1. The fraction of sp³-hybridized carbons (Fsp3) is 0.182. The van der Waals surface area contributed by atoms with Crippen molar-refractivity contribution in [3.8, 4) is 5.75 Å². The number of benzene rings is 1. The molecular weight excluding hydrogens is 209 g/mol. The average molecular weight is 223 g/mol. The predicted octanol–water partition coefficient (Wildman–Crippen LogP) is 1.49. The van der Waals surface area contributed by atoms with Gasteiger partial charge in [0.25, 0.3) is 0 Å². The maximum atomic E-state index is 11.8. The number of hydrogen-bond donors (Lipinski definition) is 3. The molecule has 0 saturated heterocycles. The van der Waals surface area contributed by atoms with Crippen molar-refractivity contribution in [2.45, 2.75) is 0 Å². The minimum Gasteiger partial charge on any atom is -0.491 e. The molecule has 0 radical (unpaired) electrons. The highest BCUT2D eigenvalue weighted by atomic mass is 19.1. The molecule has 0 aromatic heterocycles. The Kier molecular flexibility index (Phi) is 4.85. The molecule has 0 heterocycles. The molecule has 4 N–H and O–H groups in total. The van der Waals surface area contributed by atoms with Crippen LogP contribution in [0.15, 0.2) is 30.5 Å². The summed E-state index contributed by atoms with van der Waals surface area (Å²) < 4.78 is 16.9. The fourth-order valence-electron chi connectivity index (χ4n) is 1.06. The molecule has 0 aliphatic heterocycles. The Bertz CT molecular complexity index is 362. The summed E-state index contributed by atoms with van der Waals surface area (Å²) in [6.07, 6.45) is 3.33. The summed E-state index contributed by atoms with van der Waals surface area (Å²) in [6, 6.07) is 7.16. The lowest BCUT2D eigenvalue weighted by Gasteiger charge is -2.03. The second-order valence-corrected chi connectivity index (χ2v) is 3.00. The van der Waals surface area contributed by atoms with Crippen molar-refractivity contribution in [2.24, 2.45) is 5.73 Å². The van der Waals surface area contributed by atoms with Gasteiger partial charge in [0.15, 0.2) is 5.96 Å². The zero-order chi connectivity index (χ0) is 11.8. The van der Waals surface area contributed by atoms with Gasteiger partial charge in [0, 0.05) is 6.20 Å². The van der Waals surface area contributed by atoms with E-state index in [1.54, 1.807) is 24.4 Å². The minimum absolute atomic E-state index is 0.0705. The Balaban J connectivity index is 2.50. The van der Waals surface area contributed by atoms with E-state index >= 15 is 0 Å². The molecule has 0 aliphatic carbocycles. The van der Waals surface area contributed by atoms with Crippen LogP contribution in [0.5, 0.6) is 5.75 Å². The Hall–Kier alpha value is -2.04. The lowest BCUT2D eigenvalue weighted by molar-refractivity contribution is 0.273. The van der Waals surface area contributed by atoms with E-state index in [0.717, 1.165) is 5.56 Å². The number of ether oxygens (including phenoxy) is 1. The molecule has 5 heteroatoms. The smallest absolute Gasteiger partial charge is 0.189 e. The monoisotopic (exact) mass is 223 g/mol. The van der Waals surface area contributed by atoms with Crippen molar-refractivity contribution in [1.29, 1.82) is 5.41 Å². The van der Waals surface area contributed by atoms with Gasteiger partial charge in [0.1, 0.15) is 19.0 Å². The van der Waals surface area contributed by atoms with E-state index in [-0.39, 0.29) is 12.6 Å². The van der Waals surface area contributed by atoms with Crippen LogP contribution in [0, 0.1) is 5.41 Å². The summed E-state index contributed by atoms with van der Waals surface area (Å²) in [5.41, 5.74) is 6.03. The van der Waals surface area contributed by atoms with Crippen molar-refractivity contribution in [3.63, 3.8) is 0 Å². The zero-order valence-electron chi connectivity index (χ0n) is 8.74. The Labute approximate surface area is 93.4 Å². The lowest BCUT2D eigenvalue weighted by Crippen LogP contribution is -2.24. The van der Waals surface area contributed by atoms with E-state index in [2.05, 4.69) is 5.32 Å². The SMILES string of the molecule is N=C(N)N/C=C/c1ccc(OCCF)cc1. The van der Waals surface area contributed by atoms with Crippen LogP contribution in [0.3, 0.4) is 0 Å². The largest absolute Gasteiger partial charge is 0.491 e. The first-order valence-electron chi connectivity index (χ1n) is 4.78. The van der Waals surface area contributed by atoms with Gasteiger partial charge >= 0.3 is 0 Å². The van der Waals surface area contributed by atoms with Gasteiger partial charge < -0.3 is 15.8 Å². The first-order chi connectivity index (χ1) is 7.72. The molecule has 1 aromatic carbocycles. The van der Waals surface area contributed by atoms with Gasteiger partial charge in [-0.05, 0) is 23.8 Å². The molecule has 1 aromatic rings. The molecule has 86 valence electrons. The average Bonchev–Trinajstić information content (AvgIpc) is 2.27. The maximum Gasteiger partial charge on any atom is 0.189 e. The molecule has 0 atom stereocenters. The number of nitrogens with one attached hydrogen (secondary N) is 2. The van der Waals surface area contributed by atoms with E-state index in [9.17, 15) is 4.39 Å². The molecule has 0 aliphatic rings. The van der Waals surface area contributed by atoms with E-state index in [4.69, 9.17) is 15.9 Å². The van der Waals surface area contributed by atoms with Crippen molar-refractivity contribution in [2.75, 3.05) is 13.3 Å². The van der Waals surface area contributed by atoms with Gasteiger partial charge in [-0.3, -0.25) is 5.41 Å². The Morgan fingerprint density at radius 1 is 1.44 bits per heavy atom. The van der Waals surface area contributed by atoms with Gasteiger partial charge in [0.2, 0.25) is 0 Å². The van der Waals surface area contributed by atoms with Crippen LogP contribution in [0.25, 0.3) is 6.08 Å². The number of rotatable bonds is 5. The molecule has 0 unspecified atom stereocenters. The standard InChI is InChI=1S/C11H14FN3O/c12-6-8-16-10-3-1-9(2-4-10)5-7-15-11(13)14/h1-5,7H,6,8H2,(H4,13,14,15)/b7-5+. The van der Waals surface area contributed by atoms with Crippen LogP contribution in [0.2, 0.25) is 0 Å². The highest BCUT2D eigenvalue weighted by Gasteiger charge is 1.92. The van der Waals surface area contributed by atoms with Gasteiger partial charge in [-0.25, -0.2) is 4.39 Å². The molecule has 0 fully saturated rings. The maximum absolute atomic E-state index is 11.8. The molecule has 0 saturated carbocycles. The number of hydrogen-bond acceptors (Lipinski definition) is 2. The van der Waals surface area contributed by atoms with E-state index < -0.39 is 6.67 Å². The summed E-state index contributed by atoms with van der Waals surface area (Å²) >= 11 is 0. The fourth-order valence-corrected chi connectivity index (χ4v) is 1.06. The Morgan fingerprint density at radius 2 is 2.12 bits per heavy atom.